The summed E-state index contributed by atoms with van der Waals surface area (Å²) in [5, 5.41) is 0. The molecule has 0 N–H and O–H groups in total. The lowest BCUT2D eigenvalue weighted by molar-refractivity contribution is 0.0291. The smallest absolute Gasteiger partial charge is 0.343 e. The molecule has 0 amide bonds. The van der Waals surface area contributed by atoms with E-state index >= 15 is 0 Å². The largest absolute Gasteiger partial charge is 0.431 e. The minimum atomic E-state index is -0.600. The summed E-state index contributed by atoms with van der Waals surface area (Å²) in [6.45, 7) is 2.12. The lowest BCUT2D eigenvalue weighted by Crippen LogP contribution is -2.13. The molecule has 0 saturated carbocycles. The molecule has 5 nitrogen and oxygen atoms in total. The Morgan fingerprint density at radius 3 is 2.44 bits per heavy atom. The summed E-state index contributed by atoms with van der Waals surface area (Å²) in [6, 6.07) is 6.32. The number of hydrogen-bond acceptors (Lipinski definition) is 5. The Kier molecular flexibility index (Phi) is 3.74. The van der Waals surface area contributed by atoms with Gasteiger partial charge in [-0.15, -0.1) is 0 Å². The number of ether oxygens (including phenoxy) is 3. The maximum absolute atomic E-state index is 11.8. The van der Waals surface area contributed by atoms with Crippen LogP contribution in [0.1, 0.15) is 27.6 Å². The van der Waals surface area contributed by atoms with Crippen LogP contribution in [-0.4, -0.2) is 24.8 Å². The Labute approximate surface area is 104 Å². The second-order valence-electron chi connectivity index (χ2n) is 3.59. The monoisotopic (exact) mass is 248 g/mol. The normalized spacial score (nSPS) is 17.5. The Bertz CT molecular complexity index is 488. The highest BCUT2D eigenvalue weighted by Crippen LogP contribution is 2.17. The third-order valence-electron chi connectivity index (χ3n) is 2.22. The molecule has 0 bridgehead atoms. The van der Waals surface area contributed by atoms with Crippen LogP contribution in [-0.2, 0) is 14.2 Å². The SMILES string of the molecule is CC=COC(=O)c1ccccc1C(=O)OC1CO1. The molecular formula is C13H12O5. The highest BCUT2D eigenvalue weighted by atomic mass is 16.8. The molecule has 5 heteroatoms. The summed E-state index contributed by atoms with van der Waals surface area (Å²) in [5.41, 5.74) is 0.337. The number of benzene rings is 1. The van der Waals surface area contributed by atoms with E-state index in [0.717, 1.165) is 0 Å². The first-order valence-corrected chi connectivity index (χ1v) is 5.46. The van der Waals surface area contributed by atoms with E-state index in [9.17, 15) is 9.59 Å². The predicted molar refractivity (Wildman–Crippen MR) is 61.8 cm³/mol. The topological polar surface area (TPSA) is 65.1 Å². The van der Waals surface area contributed by atoms with E-state index < -0.39 is 18.2 Å². The zero-order valence-electron chi connectivity index (χ0n) is 9.79. The van der Waals surface area contributed by atoms with Gasteiger partial charge in [0.1, 0.15) is 6.61 Å². The molecule has 0 radical (unpaired) electrons. The molecule has 18 heavy (non-hydrogen) atoms. The molecule has 1 aliphatic heterocycles. The average molecular weight is 248 g/mol. The van der Waals surface area contributed by atoms with Crippen molar-refractivity contribution < 1.29 is 23.8 Å². The van der Waals surface area contributed by atoms with E-state index in [1.54, 1.807) is 25.1 Å². The van der Waals surface area contributed by atoms with Crippen LogP contribution in [0.25, 0.3) is 0 Å². The van der Waals surface area contributed by atoms with Crippen molar-refractivity contribution in [1.29, 1.82) is 0 Å². The summed E-state index contributed by atoms with van der Waals surface area (Å²) in [7, 11) is 0. The van der Waals surface area contributed by atoms with Crippen LogP contribution in [0.4, 0.5) is 0 Å². The molecule has 94 valence electrons. The van der Waals surface area contributed by atoms with Crippen molar-refractivity contribution in [3.63, 3.8) is 0 Å². The standard InChI is InChI=1S/C13H12O5/c1-2-7-16-12(14)9-5-3-4-6-10(9)13(15)18-11-8-17-11/h2-7,11H,8H2,1H3. The molecule has 0 aliphatic carbocycles. The second kappa shape index (κ2) is 5.46. The van der Waals surface area contributed by atoms with Gasteiger partial charge in [-0.3, -0.25) is 0 Å². The van der Waals surface area contributed by atoms with Crippen LogP contribution in [0.2, 0.25) is 0 Å². The molecule has 0 spiro atoms. The Morgan fingerprint density at radius 1 is 1.28 bits per heavy atom. The molecule has 1 aromatic carbocycles. The summed E-state index contributed by atoms with van der Waals surface area (Å²) >= 11 is 0. The van der Waals surface area contributed by atoms with Crippen molar-refractivity contribution in [3.05, 3.63) is 47.7 Å². The molecular weight excluding hydrogens is 236 g/mol. The number of allylic oxidation sites excluding steroid dienone is 1. The Morgan fingerprint density at radius 2 is 1.89 bits per heavy atom. The van der Waals surface area contributed by atoms with Crippen molar-refractivity contribution in [2.24, 2.45) is 0 Å². The van der Waals surface area contributed by atoms with Gasteiger partial charge in [0.25, 0.3) is 0 Å². The first-order valence-electron chi connectivity index (χ1n) is 5.46. The third kappa shape index (κ3) is 2.95. The zero-order valence-corrected chi connectivity index (χ0v) is 9.79. The van der Waals surface area contributed by atoms with E-state index in [1.165, 1.54) is 18.4 Å². The molecule has 2 rings (SSSR count). The summed E-state index contributed by atoms with van der Waals surface area (Å²) in [5.74, 6) is -1.19. The number of carbonyl (C=O) groups is 2. The maximum atomic E-state index is 11.8. The first-order chi connectivity index (χ1) is 8.72. The molecule has 1 atom stereocenters. The van der Waals surface area contributed by atoms with Crippen LogP contribution in [0, 0.1) is 0 Å². The van der Waals surface area contributed by atoms with Crippen molar-refractivity contribution in [1.82, 2.24) is 0 Å². The lowest BCUT2D eigenvalue weighted by Gasteiger charge is -2.06. The molecule has 1 aromatic rings. The van der Waals surface area contributed by atoms with Crippen molar-refractivity contribution in [2.75, 3.05) is 6.61 Å². The summed E-state index contributed by atoms with van der Waals surface area (Å²) in [6.07, 6.45) is 2.35. The van der Waals surface area contributed by atoms with E-state index in [1.807, 2.05) is 0 Å². The van der Waals surface area contributed by atoms with E-state index in [0.29, 0.717) is 6.61 Å². The minimum Gasteiger partial charge on any atom is -0.431 e. The van der Waals surface area contributed by atoms with Gasteiger partial charge < -0.3 is 14.2 Å². The van der Waals surface area contributed by atoms with Gasteiger partial charge in [0.05, 0.1) is 17.4 Å². The van der Waals surface area contributed by atoms with Gasteiger partial charge >= 0.3 is 11.9 Å². The van der Waals surface area contributed by atoms with E-state index in [-0.39, 0.29) is 11.1 Å². The van der Waals surface area contributed by atoms with Gasteiger partial charge in [0, 0.05) is 0 Å². The van der Waals surface area contributed by atoms with Crippen LogP contribution < -0.4 is 0 Å². The number of esters is 2. The van der Waals surface area contributed by atoms with Gasteiger partial charge in [-0.1, -0.05) is 18.2 Å². The predicted octanol–water partition coefficient (Wildman–Crippen LogP) is 1.89. The fraction of sp³-hybridized carbons (Fsp3) is 0.231. The fourth-order valence-corrected chi connectivity index (χ4v) is 1.32. The second-order valence-corrected chi connectivity index (χ2v) is 3.59. The fourth-order valence-electron chi connectivity index (χ4n) is 1.32. The molecule has 1 fully saturated rings. The highest BCUT2D eigenvalue weighted by Gasteiger charge is 2.29. The van der Waals surface area contributed by atoms with Gasteiger partial charge in [0.15, 0.2) is 0 Å². The van der Waals surface area contributed by atoms with Crippen molar-refractivity contribution in [2.45, 2.75) is 13.2 Å². The quantitative estimate of drug-likeness (QED) is 0.462. The van der Waals surface area contributed by atoms with Crippen molar-refractivity contribution >= 4 is 11.9 Å². The summed E-state index contributed by atoms with van der Waals surface area (Å²) in [4.78, 5) is 23.5. The van der Waals surface area contributed by atoms with Gasteiger partial charge in [-0.2, -0.15) is 0 Å². The van der Waals surface area contributed by atoms with Gasteiger partial charge in [0.2, 0.25) is 6.29 Å². The van der Waals surface area contributed by atoms with Gasteiger partial charge in [-0.25, -0.2) is 9.59 Å². The Hall–Kier alpha value is -2.14. The molecule has 1 heterocycles. The first kappa shape index (κ1) is 12.3. The lowest BCUT2D eigenvalue weighted by atomic mass is 10.1. The number of hydrogen-bond donors (Lipinski definition) is 0. The van der Waals surface area contributed by atoms with Crippen LogP contribution in [0.3, 0.4) is 0 Å². The summed E-state index contributed by atoms with van der Waals surface area (Å²) < 4.78 is 14.6. The highest BCUT2D eigenvalue weighted by molar-refractivity contribution is 6.03. The third-order valence-corrected chi connectivity index (χ3v) is 2.22. The zero-order chi connectivity index (χ0) is 13.0. The van der Waals surface area contributed by atoms with Crippen LogP contribution in [0.15, 0.2) is 36.6 Å². The molecule has 0 aromatic heterocycles. The number of epoxide rings is 1. The Balaban J connectivity index is 2.18. The minimum absolute atomic E-state index is 0.168. The van der Waals surface area contributed by atoms with Gasteiger partial charge in [-0.05, 0) is 19.1 Å². The average Bonchev–Trinajstić information content (AvgIpc) is 3.19. The van der Waals surface area contributed by atoms with E-state index in [2.05, 4.69) is 0 Å². The van der Waals surface area contributed by atoms with E-state index in [4.69, 9.17) is 14.2 Å². The molecule has 1 unspecified atom stereocenters. The number of rotatable bonds is 4. The molecule has 1 saturated heterocycles. The van der Waals surface area contributed by atoms with Crippen molar-refractivity contribution in [3.8, 4) is 0 Å². The molecule has 1 aliphatic rings. The maximum Gasteiger partial charge on any atom is 0.343 e. The van der Waals surface area contributed by atoms with Crippen LogP contribution in [0.5, 0.6) is 0 Å². The number of carbonyl (C=O) groups excluding carboxylic acids is 2. The van der Waals surface area contributed by atoms with Crippen LogP contribution >= 0.6 is 0 Å².